The van der Waals surface area contributed by atoms with Gasteiger partial charge < -0.3 is 9.64 Å². The van der Waals surface area contributed by atoms with E-state index in [4.69, 9.17) is 4.74 Å². The van der Waals surface area contributed by atoms with Crippen molar-refractivity contribution in [3.05, 3.63) is 59.6 Å². The second-order valence-electron chi connectivity index (χ2n) is 8.92. The normalized spacial score (nSPS) is 23.7. The van der Waals surface area contributed by atoms with Crippen molar-refractivity contribution in [1.29, 1.82) is 0 Å². The summed E-state index contributed by atoms with van der Waals surface area (Å²) in [5, 5.41) is 0. The van der Waals surface area contributed by atoms with Gasteiger partial charge in [0, 0.05) is 50.6 Å². The Morgan fingerprint density at radius 1 is 1.12 bits per heavy atom. The lowest BCUT2D eigenvalue weighted by Crippen LogP contribution is -2.51. The number of alkyl halides is 3. The number of rotatable bonds is 5. The Hall–Kier alpha value is -2.94. The Morgan fingerprint density at radius 3 is 2.70 bits per heavy atom. The second kappa shape index (κ2) is 8.78. The van der Waals surface area contributed by atoms with Crippen molar-refractivity contribution in [2.75, 3.05) is 26.2 Å². The number of carbonyl (C=O) groups excluding carboxylic acids is 1. The van der Waals surface area contributed by atoms with Crippen LogP contribution in [0.25, 0.3) is 6.08 Å². The number of hydrogen-bond acceptors (Lipinski definition) is 5. The largest absolute Gasteiger partial charge is 0.472 e. The van der Waals surface area contributed by atoms with Crippen LogP contribution in [0.1, 0.15) is 42.0 Å². The molecule has 2 atom stereocenters. The SMILES string of the molecule is O=C(C=Cc1cccc(C(F)(F)F)c1)N1CCN2C[C@H](Oc3cnc(C4CC4)cn3)C[C@H]2C1. The highest BCUT2D eigenvalue weighted by molar-refractivity contribution is 5.91. The summed E-state index contributed by atoms with van der Waals surface area (Å²) >= 11 is 0. The number of amides is 1. The quantitative estimate of drug-likeness (QED) is 0.639. The van der Waals surface area contributed by atoms with Gasteiger partial charge in [-0.1, -0.05) is 12.1 Å². The monoisotopic (exact) mass is 458 g/mol. The van der Waals surface area contributed by atoms with Gasteiger partial charge in [0.2, 0.25) is 11.8 Å². The fourth-order valence-electron chi connectivity index (χ4n) is 4.52. The molecule has 1 aromatic heterocycles. The predicted octanol–water partition coefficient (Wildman–Crippen LogP) is 3.75. The zero-order chi connectivity index (χ0) is 23.0. The number of nitrogens with zero attached hydrogens (tertiary/aromatic N) is 4. The Labute approximate surface area is 190 Å². The van der Waals surface area contributed by atoms with Crippen LogP contribution in [0.5, 0.6) is 5.88 Å². The van der Waals surface area contributed by atoms with Gasteiger partial charge in [-0.05, 0) is 36.6 Å². The van der Waals surface area contributed by atoms with Gasteiger partial charge in [0.1, 0.15) is 6.10 Å². The molecule has 1 aliphatic carbocycles. The summed E-state index contributed by atoms with van der Waals surface area (Å²) in [6.07, 6.45) is 5.01. The molecule has 9 heteroatoms. The molecule has 1 saturated carbocycles. The van der Waals surface area contributed by atoms with Crippen molar-refractivity contribution >= 4 is 12.0 Å². The average molecular weight is 458 g/mol. The molecule has 0 spiro atoms. The number of carbonyl (C=O) groups is 1. The number of aromatic nitrogens is 2. The lowest BCUT2D eigenvalue weighted by atomic mass is 10.1. The topological polar surface area (TPSA) is 58.6 Å². The molecule has 2 aliphatic heterocycles. The fourth-order valence-corrected chi connectivity index (χ4v) is 4.52. The third kappa shape index (κ3) is 5.19. The van der Waals surface area contributed by atoms with E-state index in [0.29, 0.717) is 30.5 Å². The molecule has 3 aliphatic rings. The molecule has 5 rings (SSSR count). The van der Waals surface area contributed by atoms with Crippen molar-refractivity contribution < 1.29 is 22.7 Å². The van der Waals surface area contributed by atoms with Crippen LogP contribution < -0.4 is 4.74 Å². The lowest BCUT2D eigenvalue weighted by Gasteiger charge is -2.36. The maximum atomic E-state index is 12.9. The van der Waals surface area contributed by atoms with E-state index in [2.05, 4.69) is 14.9 Å². The molecular weight excluding hydrogens is 433 g/mol. The van der Waals surface area contributed by atoms with Gasteiger partial charge >= 0.3 is 6.18 Å². The zero-order valence-corrected chi connectivity index (χ0v) is 18.0. The molecule has 3 fully saturated rings. The molecule has 3 heterocycles. The van der Waals surface area contributed by atoms with Crippen LogP contribution in [0.4, 0.5) is 13.2 Å². The van der Waals surface area contributed by atoms with Gasteiger partial charge in [0.05, 0.1) is 23.7 Å². The van der Waals surface area contributed by atoms with Crippen LogP contribution in [-0.2, 0) is 11.0 Å². The Kier molecular flexibility index (Phi) is 5.82. The Bertz CT molecular complexity index is 1040. The first-order valence-corrected chi connectivity index (χ1v) is 11.2. The summed E-state index contributed by atoms with van der Waals surface area (Å²) in [6, 6.07) is 5.14. The van der Waals surface area contributed by atoms with Crippen molar-refractivity contribution in [1.82, 2.24) is 19.8 Å². The second-order valence-corrected chi connectivity index (χ2v) is 8.92. The van der Waals surface area contributed by atoms with Crippen molar-refractivity contribution in [2.24, 2.45) is 0 Å². The van der Waals surface area contributed by atoms with Crippen LogP contribution in [-0.4, -0.2) is 64.0 Å². The minimum absolute atomic E-state index is 0.00761. The summed E-state index contributed by atoms with van der Waals surface area (Å²) in [5.41, 5.74) is 0.646. The summed E-state index contributed by atoms with van der Waals surface area (Å²) in [5.74, 6) is 0.886. The van der Waals surface area contributed by atoms with Crippen LogP contribution in [0.15, 0.2) is 42.7 Å². The number of hydrogen-bond donors (Lipinski definition) is 0. The molecule has 6 nitrogen and oxygen atoms in total. The highest BCUT2D eigenvalue weighted by Crippen LogP contribution is 2.38. The summed E-state index contributed by atoms with van der Waals surface area (Å²) in [4.78, 5) is 25.6. The van der Waals surface area contributed by atoms with Crippen LogP contribution in [0.2, 0.25) is 0 Å². The number of benzene rings is 1. The van der Waals surface area contributed by atoms with E-state index >= 15 is 0 Å². The van der Waals surface area contributed by atoms with E-state index in [1.165, 1.54) is 31.1 Å². The first-order valence-electron chi connectivity index (χ1n) is 11.2. The van der Waals surface area contributed by atoms with Crippen molar-refractivity contribution in [2.45, 2.75) is 43.5 Å². The molecule has 2 aromatic rings. The van der Waals surface area contributed by atoms with E-state index < -0.39 is 11.7 Å². The van der Waals surface area contributed by atoms with E-state index in [1.54, 1.807) is 23.4 Å². The molecule has 1 amide bonds. The summed E-state index contributed by atoms with van der Waals surface area (Å²) < 4.78 is 44.7. The molecule has 0 bridgehead atoms. The first-order chi connectivity index (χ1) is 15.8. The minimum atomic E-state index is -4.41. The highest BCUT2D eigenvalue weighted by atomic mass is 19.4. The van der Waals surface area contributed by atoms with Gasteiger partial charge in [-0.25, -0.2) is 4.98 Å². The Morgan fingerprint density at radius 2 is 1.97 bits per heavy atom. The molecule has 0 N–H and O–H groups in total. The highest BCUT2D eigenvalue weighted by Gasteiger charge is 2.38. The molecule has 1 aromatic carbocycles. The molecule has 0 radical (unpaired) electrons. The number of ether oxygens (including phenoxy) is 1. The number of halogens is 3. The van der Waals surface area contributed by atoms with E-state index in [-0.39, 0.29) is 18.1 Å². The summed E-state index contributed by atoms with van der Waals surface area (Å²) in [7, 11) is 0. The minimum Gasteiger partial charge on any atom is -0.472 e. The van der Waals surface area contributed by atoms with Gasteiger partial charge in [0.25, 0.3) is 0 Å². The third-order valence-corrected chi connectivity index (χ3v) is 6.45. The fraction of sp³-hybridized carbons (Fsp3) is 0.458. The smallest absolute Gasteiger partial charge is 0.416 e. The van der Waals surface area contributed by atoms with E-state index in [9.17, 15) is 18.0 Å². The van der Waals surface area contributed by atoms with Crippen LogP contribution in [0, 0.1) is 0 Å². The molecule has 2 saturated heterocycles. The van der Waals surface area contributed by atoms with Crippen molar-refractivity contribution in [3.8, 4) is 5.88 Å². The van der Waals surface area contributed by atoms with Gasteiger partial charge in [0.15, 0.2) is 0 Å². The third-order valence-electron chi connectivity index (χ3n) is 6.45. The van der Waals surface area contributed by atoms with E-state index in [0.717, 1.165) is 37.3 Å². The predicted molar refractivity (Wildman–Crippen MR) is 115 cm³/mol. The number of piperazine rings is 1. The average Bonchev–Trinajstić information content (AvgIpc) is 3.57. The standard InChI is InChI=1S/C24H25F3N4O2/c25-24(26,27)18-3-1-2-16(10-18)4-7-23(32)31-9-8-30-15-20(11-19(30)14-31)33-22-13-28-21(12-29-22)17-5-6-17/h1-4,7,10,12-13,17,19-20H,5-6,8-9,11,14-15H2/t19-,20+/m0/s1. The maximum absolute atomic E-state index is 12.9. The van der Waals surface area contributed by atoms with Crippen LogP contribution >= 0.6 is 0 Å². The molecule has 174 valence electrons. The van der Waals surface area contributed by atoms with Gasteiger partial charge in [-0.3, -0.25) is 14.7 Å². The summed E-state index contributed by atoms with van der Waals surface area (Å²) in [6.45, 7) is 2.65. The number of fused-ring (bicyclic) bond motifs is 1. The maximum Gasteiger partial charge on any atom is 0.416 e. The van der Waals surface area contributed by atoms with Crippen LogP contribution in [0.3, 0.4) is 0 Å². The first kappa shape index (κ1) is 21.9. The van der Waals surface area contributed by atoms with Crippen molar-refractivity contribution in [3.63, 3.8) is 0 Å². The van der Waals surface area contributed by atoms with Gasteiger partial charge in [-0.2, -0.15) is 13.2 Å². The van der Waals surface area contributed by atoms with Gasteiger partial charge in [-0.15, -0.1) is 0 Å². The molecule has 0 unspecified atom stereocenters. The molecule has 33 heavy (non-hydrogen) atoms. The zero-order valence-electron chi connectivity index (χ0n) is 18.0. The molecular formula is C24H25F3N4O2. The lowest BCUT2D eigenvalue weighted by molar-refractivity contribution is -0.137. The van der Waals surface area contributed by atoms with E-state index in [1.807, 2.05) is 0 Å². The Balaban J connectivity index is 1.15.